The van der Waals surface area contributed by atoms with E-state index in [4.69, 9.17) is 10.00 Å². The first-order chi connectivity index (χ1) is 13.2. The molecule has 2 aliphatic carbocycles. The van der Waals surface area contributed by atoms with E-state index in [2.05, 4.69) is 25.1 Å². The Morgan fingerprint density at radius 3 is 2.37 bits per heavy atom. The topological polar surface area (TPSA) is 50.1 Å². The molecule has 27 heavy (non-hydrogen) atoms. The molecule has 0 spiro atoms. The summed E-state index contributed by atoms with van der Waals surface area (Å²) in [6.45, 7) is 2.29. The van der Waals surface area contributed by atoms with Crippen molar-refractivity contribution in [2.24, 2.45) is 11.8 Å². The standard InChI is InChI=1S/C24H25NO2/c1-2-16-5-11-22-18(13-16)6-7-19-14-20(8-12-23(19)22)24(26)27-21-9-3-17(15-25)4-10-21/h3-4,6-7,9-10,16,20H,2,5,8,11-14H2,1H3. The number of nitriles is 1. The SMILES string of the molecule is CCC1CCc2c(ccc3c2CCC(C(=O)Oc2ccc(C#N)cc2)C3)C1. The lowest BCUT2D eigenvalue weighted by molar-refractivity contribution is -0.139. The first kappa shape index (κ1) is 17.8. The maximum Gasteiger partial charge on any atom is 0.314 e. The molecule has 0 heterocycles. The number of ether oxygens (including phenoxy) is 1. The maximum atomic E-state index is 12.6. The van der Waals surface area contributed by atoms with Crippen LogP contribution in [0.15, 0.2) is 36.4 Å². The molecule has 0 aliphatic heterocycles. The van der Waals surface area contributed by atoms with E-state index in [0.717, 1.165) is 25.2 Å². The third kappa shape index (κ3) is 3.62. The third-order valence-corrected chi connectivity index (χ3v) is 6.26. The molecular formula is C24H25NO2. The minimum Gasteiger partial charge on any atom is -0.426 e. The molecular weight excluding hydrogens is 334 g/mol. The minimum absolute atomic E-state index is 0.0850. The number of carbonyl (C=O) groups is 1. The van der Waals surface area contributed by atoms with Gasteiger partial charge in [-0.2, -0.15) is 5.26 Å². The van der Waals surface area contributed by atoms with Gasteiger partial charge in [0, 0.05) is 0 Å². The lowest BCUT2D eigenvalue weighted by Crippen LogP contribution is -2.28. The molecule has 0 radical (unpaired) electrons. The zero-order chi connectivity index (χ0) is 18.8. The van der Waals surface area contributed by atoms with Gasteiger partial charge in [0.1, 0.15) is 5.75 Å². The van der Waals surface area contributed by atoms with Gasteiger partial charge in [-0.15, -0.1) is 0 Å². The van der Waals surface area contributed by atoms with Crippen molar-refractivity contribution in [3.05, 3.63) is 64.2 Å². The quantitative estimate of drug-likeness (QED) is 0.585. The van der Waals surface area contributed by atoms with E-state index in [0.29, 0.717) is 11.3 Å². The molecule has 2 atom stereocenters. The third-order valence-electron chi connectivity index (χ3n) is 6.26. The summed E-state index contributed by atoms with van der Waals surface area (Å²) in [6.07, 6.45) is 7.57. The number of esters is 1. The lowest BCUT2D eigenvalue weighted by atomic mass is 9.74. The summed E-state index contributed by atoms with van der Waals surface area (Å²) in [7, 11) is 0. The van der Waals surface area contributed by atoms with E-state index in [1.807, 2.05) is 0 Å². The van der Waals surface area contributed by atoms with Gasteiger partial charge in [0.2, 0.25) is 0 Å². The van der Waals surface area contributed by atoms with Gasteiger partial charge in [0.05, 0.1) is 17.6 Å². The van der Waals surface area contributed by atoms with E-state index >= 15 is 0 Å². The Balaban J connectivity index is 1.47. The maximum absolute atomic E-state index is 12.6. The van der Waals surface area contributed by atoms with E-state index in [9.17, 15) is 4.79 Å². The summed E-state index contributed by atoms with van der Waals surface area (Å²) in [5, 5.41) is 8.86. The normalized spacial score (nSPS) is 20.9. The Morgan fingerprint density at radius 1 is 1.04 bits per heavy atom. The summed E-state index contributed by atoms with van der Waals surface area (Å²) in [5.74, 6) is 1.10. The van der Waals surface area contributed by atoms with Crippen LogP contribution >= 0.6 is 0 Å². The molecule has 2 aromatic rings. The molecule has 3 heteroatoms. The second-order valence-electron chi connectivity index (χ2n) is 7.85. The Morgan fingerprint density at radius 2 is 1.70 bits per heavy atom. The van der Waals surface area contributed by atoms with Crippen molar-refractivity contribution in [3.63, 3.8) is 0 Å². The van der Waals surface area contributed by atoms with Crippen molar-refractivity contribution in [1.82, 2.24) is 0 Å². The first-order valence-corrected chi connectivity index (χ1v) is 10.0. The molecule has 0 saturated carbocycles. The molecule has 0 bridgehead atoms. The highest BCUT2D eigenvalue weighted by atomic mass is 16.5. The van der Waals surface area contributed by atoms with Crippen LogP contribution in [0.5, 0.6) is 5.75 Å². The van der Waals surface area contributed by atoms with E-state index in [1.54, 1.807) is 29.8 Å². The number of hydrogen-bond donors (Lipinski definition) is 0. The molecule has 2 unspecified atom stereocenters. The number of benzene rings is 2. The summed E-state index contributed by atoms with van der Waals surface area (Å²) >= 11 is 0. The fourth-order valence-electron chi connectivity index (χ4n) is 4.59. The molecule has 2 aromatic carbocycles. The number of carbonyl (C=O) groups excluding carboxylic acids is 1. The number of rotatable bonds is 3. The van der Waals surface area contributed by atoms with Gasteiger partial charge in [-0.3, -0.25) is 4.79 Å². The second kappa shape index (κ2) is 7.56. The van der Waals surface area contributed by atoms with Crippen LogP contribution in [-0.4, -0.2) is 5.97 Å². The Hall–Kier alpha value is -2.60. The Kier molecular flexibility index (Phi) is 4.99. The molecule has 0 amide bonds. The molecule has 0 N–H and O–H groups in total. The number of nitrogens with zero attached hydrogens (tertiary/aromatic N) is 1. The van der Waals surface area contributed by atoms with Crippen LogP contribution in [0.4, 0.5) is 0 Å². The highest BCUT2D eigenvalue weighted by molar-refractivity contribution is 5.76. The molecule has 0 fully saturated rings. The largest absolute Gasteiger partial charge is 0.426 e. The smallest absolute Gasteiger partial charge is 0.314 e. The zero-order valence-corrected chi connectivity index (χ0v) is 15.8. The second-order valence-corrected chi connectivity index (χ2v) is 7.85. The molecule has 0 aromatic heterocycles. The van der Waals surface area contributed by atoms with Crippen LogP contribution < -0.4 is 4.74 Å². The van der Waals surface area contributed by atoms with Crippen LogP contribution in [0.3, 0.4) is 0 Å². The average molecular weight is 359 g/mol. The van der Waals surface area contributed by atoms with E-state index < -0.39 is 0 Å². The predicted octanol–water partition coefficient (Wildman–Crippen LogP) is 4.78. The van der Waals surface area contributed by atoms with Gasteiger partial charge in [0.15, 0.2) is 0 Å². The van der Waals surface area contributed by atoms with Crippen molar-refractivity contribution in [2.75, 3.05) is 0 Å². The van der Waals surface area contributed by atoms with Crippen LogP contribution in [0.1, 0.15) is 54.0 Å². The molecule has 138 valence electrons. The van der Waals surface area contributed by atoms with Gasteiger partial charge >= 0.3 is 5.97 Å². The summed E-state index contributed by atoms with van der Waals surface area (Å²) in [6, 6.07) is 13.3. The molecule has 4 rings (SSSR count). The van der Waals surface area contributed by atoms with Crippen LogP contribution in [0.2, 0.25) is 0 Å². The number of fused-ring (bicyclic) bond motifs is 3. The summed E-state index contributed by atoms with van der Waals surface area (Å²) in [5.41, 5.74) is 6.50. The van der Waals surface area contributed by atoms with Crippen molar-refractivity contribution < 1.29 is 9.53 Å². The summed E-state index contributed by atoms with van der Waals surface area (Å²) < 4.78 is 5.56. The van der Waals surface area contributed by atoms with E-state index in [-0.39, 0.29) is 11.9 Å². The number of hydrogen-bond acceptors (Lipinski definition) is 3. The van der Waals surface area contributed by atoms with Crippen molar-refractivity contribution in [2.45, 2.75) is 51.9 Å². The average Bonchev–Trinajstić information content (AvgIpc) is 2.73. The summed E-state index contributed by atoms with van der Waals surface area (Å²) in [4.78, 5) is 12.6. The first-order valence-electron chi connectivity index (χ1n) is 10.0. The zero-order valence-electron chi connectivity index (χ0n) is 15.8. The van der Waals surface area contributed by atoms with Crippen LogP contribution in [-0.2, 0) is 30.5 Å². The highest BCUT2D eigenvalue weighted by Crippen LogP contribution is 2.36. The Bertz CT molecular complexity index is 892. The van der Waals surface area contributed by atoms with Crippen molar-refractivity contribution in [3.8, 4) is 11.8 Å². The fourth-order valence-corrected chi connectivity index (χ4v) is 4.59. The predicted molar refractivity (Wildman–Crippen MR) is 105 cm³/mol. The fraction of sp³-hybridized carbons (Fsp3) is 0.417. The van der Waals surface area contributed by atoms with Crippen molar-refractivity contribution in [1.29, 1.82) is 5.26 Å². The monoisotopic (exact) mass is 359 g/mol. The molecule has 0 saturated heterocycles. The lowest BCUT2D eigenvalue weighted by Gasteiger charge is -2.31. The van der Waals surface area contributed by atoms with Crippen molar-refractivity contribution >= 4 is 5.97 Å². The van der Waals surface area contributed by atoms with Gasteiger partial charge in [-0.25, -0.2) is 0 Å². The van der Waals surface area contributed by atoms with Gasteiger partial charge in [-0.1, -0.05) is 25.5 Å². The van der Waals surface area contributed by atoms with Gasteiger partial charge in [0.25, 0.3) is 0 Å². The minimum atomic E-state index is -0.158. The van der Waals surface area contributed by atoms with Crippen LogP contribution in [0, 0.1) is 23.2 Å². The Labute approximate surface area is 161 Å². The van der Waals surface area contributed by atoms with Crippen LogP contribution in [0.25, 0.3) is 0 Å². The van der Waals surface area contributed by atoms with E-state index in [1.165, 1.54) is 42.4 Å². The van der Waals surface area contributed by atoms with Gasteiger partial charge in [-0.05, 0) is 91.0 Å². The van der Waals surface area contributed by atoms with Gasteiger partial charge < -0.3 is 4.74 Å². The molecule has 3 nitrogen and oxygen atoms in total. The molecule has 2 aliphatic rings. The highest BCUT2D eigenvalue weighted by Gasteiger charge is 2.29.